The van der Waals surface area contributed by atoms with Gasteiger partial charge in [0.2, 0.25) is 0 Å². The second-order valence-corrected chi connectivity index (χ2v) is 0.632. The highest BCUT2D eigenvalue weighted by atomic mass is 28.1. The molecule has 0 N–H and O–H groups in total. The van der Waals surface area contributed by atoms with E-state index < -0.39 is 0 Å². The van der Waals surface area contributed by atoms with E-state index in [0.717, 1.165) is 0 Å². The summed E-state index contributed by atoms with van der Waals surface area (Å²) in [6, 6.07) is 0. The Hall–Kier alpha value is -0.423. The maximum Gasteiger partial charge on any atom is 0.168 e. The second kappa shape index (κ2) is 2.58. The number of carbonyl (C=O) groups excluding carboxylic acids is 1. The van der Waals surface area contributed by atoms with Gasteiger partial charge in [-0.05, 0) is 0 Å². The summed E-state index contributed by atoms with van der Waals surface area (Å²) in [5.41, 5.74) is 0. The molecule has 0 amide bonds. The molecular weight excluding hydrogens is 68.1 g/mol. The number of hydrogen-bond acceptors (Lipinski definition) is 1. The largest absolute Gasteiger partial charge is 0.225 e. The van der Waals surface area contributed by atoms with Crippen LogP contribution in [0.25, 0.3) is 0 Å². The van der Waals surface area contributed by atoms with E-state index in [2.05, 4.69) is 5.33 Å². The van der Waals surface area contributed by atoms with Crippen LogP contribution in [0.5, 0.6) is 0 Å². The standard InChI is InChI=1S/C2H2OSi/c3-1-2-4/h4H2. The topological polar surface area (TPSA) is 17.1 Å². The Morgan fingerprint density at radius 3 is 2.00 bits per heavy atom. The van der Waals surface area contributed by atoms with Crippen LogP contribution in [0.2, 0.25) is 0 Å². The van der Waals surface area contributed by atoms with Crippen molar-refractivity contribution in [1.29, 1.82) is 0 Å². The molecule has 0 saturated carbocycles. The first-order valence-corrected chi connectivity index (χ1v) is 1.51. The monoisotopic (exact) mass is 70.0 g/mol. The van der Waals surface area contributed by atoms with Gasteiger partial charge in [-0.3, -0.25) is 0 Å². The highest BCUT2D eigenvalue weighted by Crippen LogP contribution is 0.881. The SMILES string of the molecule is O=C=C=[SiH2]. The summed E-state index contributed by atoms with van der Waals surface area (Å²) in [5, 5.41) is 2.15. The van der Waals surface area contributed by atoms with Crippen molar-refractivity contribution in [2.75, 3.05) is 0 Å². The van der Waals surface area contributed by atoms with E-state index in [1.54, 1.807) is 0 Å². The van der Waals surface area contributed by atoms with Crippen molar-refractivity contribution in [3.8, 4) is 0 Å². The van der Waals surface area contributed by atoms with E-state index in [1.807, 2.05) is 0 Å². The minimum absolute atomic E-state index is 1.35. The molecule has 0 aliphatic rings. The first-order valence-electron chi connectivity index (χ1n) is 0.808. The quantitative estimate of drug-likeness (QED) is 0.248. The van der Waals surface area contributed by atoms with Gasteiger partial charge in [0, 0.05) is 9.85 Å². The lowest BCUT2D eigenvalue weighted by atomic mass is 11.2. The molecule has 0 rings (SSSR count). The maximum atomic E-state index is 8.94. The smallest absolute Gasteiger partial charge is 0.168 e. The van der Waals surface area contributed by atoms with Gasteiger partial charge in [0.05, 0.1) is 0 Å². The second-order valence-electron chi connectivity index (χ2n) is 0.279. The molecule has 0 spiro atoms. The molecule has 0 heterocycles. The molecule has 0 atom stereocenters. The third kappa shape index (κ3) is 1.58. The fourth-order valence-corrected chi connectivity index (χ4v) is 0. The van der Waals surface area contributed by atoms with Crippen LogP contribution in [-0.2, 0) is 4.79 Å². The summed E-state index contributed by atoms with van der Waals surface area (Å²) in [7, 11) is 1.35. The summed E-state index contributed by atoms with van der Waals surface area (Å²) in [6.07, 6.45) is 0. The lowest BCUT2D eigenvalue weighted by Crippen LogP contribution is -1.42. The van der Waals surface area contributed by atoms with Crippen LogP contribution in [0.3, 0.4) is 0 Å². The average Bonchev–Trinajstić information content (AvgIpc) is 1.37. The third-order valence-electron chi connectivity index (χ3n) is 0.0722. The predicted molar refractivity (Wildman–Crippen MR) is 19.2 cm³/mol. The van der Waals surface area contributed by atoms with Gasteiger partial charge in [-0.15, -0.1) is 0 Å². The Labute approximate surface area is 27.0 Å². The maximum absolute atomic E-state index is 8.94. The molecule has 0 aromatic rings. The average molecular weight is 70.1 g/mol. The van der Waals surface area contributed by atoms with Crippen LogP contribution >= 0.6 is 0 Å². The Morgan fingerprint density at radius 2 is 2.00 bits per heavy atom. The number of hydrogen-bond donors (Lipinski definition) is 0. The van der Waals surface area contributed by atoms with E-state index in [-0.39, 0.29) is 0 Å². The summed E-state index contributed by atoms with van der Waals surface area (Å²) in [4.78, 5) is 8.94. The van der Waals surface area contributed by atoms with E-state index in [0.29, 0.717) is 0 Å². The Morgan fingerprint density at radius 1 is 1.75 bits per heavy atom. The van der Waals surface area contributed by atoms with E-state index >= 15 is 0 Å². The molecule has 0 aliphatic heterocycles. The normalized spacial score (nSPS) is 3.00. The Kier molecular flexibility index (Phi) is 2.30. The molecule has 0 aromatic carbocycles. The lowest BCUT2D eigenvalue weighted by molar-refractivity contribution is 0.571. The van der Waals surface area contributed by atoms with Crippen LogP contribution in [0.15, 0.2) is 0 Å². The summed E-state index contributed by atoms with van der Waals surface area (Å²) >= 11 is 0. The van der Waals surface area contributed by atoms with Crippen molar-refractivity contribution in [2.24, 2.45) is 0 Å². The lowest BCUT2D eigenvalue weighted by Gasteiger charge is -1.14. The summed E-state index contributed by atoms with van der Waals surface area (Å²) < 4.78 is 0. The third-order valence-corrected chi connectivity index (χ3v) is 0.217. The molecular formula is C2H2OSi. The zero-order chi connectivity index (χ0) is 3.41. The Bertz CT molecular complexity index is 56.1. The molecule has 2 heteroatoms. The molecule has 0 aliphatic carbocycles. The van der Waals surface area contributed by atoms with Crippen LogP contribution in [0, 0.1) is 0 Å². The first kappa shape index (κ1) is 3.58. The molecule has 20 valence electrons. The van der Waals surface area contributed by atoms with Gasteiger partial charge in [0.25, 0.3) is 0 Å². The highest BCUT2D eigenvalue weighted by Gasteiger charge is 1.16. The first-order chi connectivity index (χ1) is 1.91. The molecule has 4 heavy (non-hydrogen) atoms. The molecule has 0 fully saturated rings. The van der Waals surface area contributed by atoms with Crippen LogP contribution in [-0.4, -0.2) is 21.1 Å². The Balaban J connectivity index is 3.95. The molecule has 1 nitrogen and oxygen atoms in total. The molecule has 0 radical (unpaired) electrons. The van der Waals surface area contributed by atoms with Crippen LogP contribution in [0.4, 0.5) is 0 Å². The fourth-order valence-electron chi connectivity index (χ4n) is 0. The van der Waals surface area contributed by atoms with Gasteiger partial charge in [-0.1, -0.05) is 5.33 Å². The molecule has 0 bridgehead atoms. The van der Waals surface area contributed by atoms with Crippen LogP contribution < -0.4 is 0 Å². The van der Waals surface area contributed by atoms with Crippen LogP contribution in [0.1, 0.15) is 0 Å². The van der Waals surface area contributed by atoms with E-state index in [4.69, 9.17) is 4.79 Å². The van der Waals surface area contributed by atoms with Crippen molar-refractivity contribution >= 4 is 21.1 Å². The van der Waals surface area contributed by atoms with Crippen molar-refractivity contribution in [3.63, 3.8) is 0 Å². The van der Waals surface area contributed by atoms with Crippen molar-refractivity contribution in [2.45, 2.75) is 0 Å². The summed E-state index contributed by atoms with van der Waals surface area (Å²) in [5.74, 6) is 1.44. The minimum atomic E-state index is 1.35. The van der Waals surface area contributed by atoms with Gasteiger partial charge >= 0.3 is 0 Å². The zero-order valence-corrected chi connectivity index (χ0v) is 3.53. The van der Waals surface area contributed by atoms with E-state index in [1.165, 1.54) is 15.8 Å². The van der Waals surface area contributed by atoms with Crippen molar-refractivity contribution < 1.29 is 4.79 Å². The molecule has 0 aromatic heterocycles. The van der Waals surface area contributed by atoms with Crippen molar-refractivity contribution in [3.05, 3.63) is 0 Å². The van der Waals surface area contributed by atoms with Gasteiger partial charge < -0.3 is 0 Å². The highest BCUT2D eigenvalue weighted by molar-refractivity contribution is 6.31. The van der Waals surface area contributed by atoms with Gasteiger partial charge in [-0.2, -0.15) is 0 Å². The predicted octanol–water partition coefficient (Wildman–Crippen LogP) is -1.59. The van der Waals surface area contributed by atoms with Crippen molar-refractivity contribution in [1.82, 2.24) is 0 Å². The molecule has 0 unspecified atom stereocenters. The van der Waals surface area contributed by atoms with Gasteiger partial charge in [0.1, 0.15) is 0 Å². The van der Waals surface area contributed by atoms with E-state index in [9.17, 15) is 0 Å². The minimum Gasteiger partial charge on any atom is -0.225 e. The van der Waals surface area contributed by atoms with Gasteiger partial charge in [-0.25, -0.2) is 4.79 Å². The fraction of sp³-hybridized carbons (Fsp3) is 0. The summed E-state index contributed by atoms with van der Waals surface area (Å²) in [6.45, 7) is 0. The zero-order valence-electron chi connectivity index (χ0n) is 2.12. The molecule has 0 saturated heterocycles. The van der Waals surface area contributed by atoms with Gasteiger partial charge in [0.15, 0.2) is 5.94 Å². The number of rotatable bonds is 0.